The summed E-state index contributed by atoms with van der Waals surface area (Å²) in [7, 11) is 1.26. The Hall–Kier alpha value is -1.96. The van der Waals surface area contributed by atoms with Crippen LogP contribution < -0.4 is 0 Å². The van der Waals surface area contributed by atoms with Gasteiger partial charge in [0.1, 0.15) is 6.61 Å². The van der Waals surface area contributed by atoms with Gasteiger partial charge in [0.25, 0.3) is 0 Å². The summed E-state index contributed by atoms with van der Waals surface area (Å²) in [5.74, 6) is 3.49. The molecule has 0 saturated carbocycles. The zero-order chi connectivity index (χ0) is 11.5. The van der Waals surface area contributed by atoms with Crippen molar-refractivity contribution in [2.75, 3.05) is 20.3 Å². The van der Waals surface area contributed by atoms with Crippen LogP contribution in [0.1, 0.15) is 6.92 Å². The van der Waals surface area contributed by atoms with Gasteiger partial charge >= 0.3 is 11.9 Å². The SMILES string of the molecule is CCOC(=O)C#CCO/C=C/C(=O)OC. The van der Waals surface area contributed by atoms with E-state index in [4.69, 9.17) is 4.74 Å². The lowest BCUT2D eigenvalue weighted by Gasteiger charge is -1.92. The summed E-state index contributed by atoms with van der Waals surface area (Å²) in [5, 5.41) is 0. The Kier molecular flexibility index (Phi) is 7.50. The highest BCUT2D eigenvalue weighted by Crippen LogP contribution is 1.80. The van der Waals surface area contributed by atoms with Crippen LogP contribution in [0.3, 0.4) is 0 Å². The molecule has 0 aromatic carbocycles. The summed E-state index contributed by atoms with van der Waals surface area (Å²) in [6.45, 7) is 1.98. The Morgan fingerprint density at radius 3 is 2.73 bits per heavy atom. The molecule has 0 aliphatic carbocycles. The Morgan fingerprint density at radius 2 is 2.13 bits per heavy atom. The van der Waals surface area contributed by atoms with Crippen LogP contribution in [0.15, 0.2) is 12.3 Å². The molecule has 82 valence electrons. The van der Waals surface area contributed by atoms with Gasteiger partial charge in [-0.2, -0.15) is 0 Å². The molecule has 0 aromatic heterocycles. The fourth-order valence-electron chi connectivity index (χ4n) is 0.537. The van der Waals surface area contributed by atoms with E-state index in [1.54, 1.807) is 6.92 Å². The number of ether oxygens (including phenoxy) is 3. The van der Waals surface area contributed by atoms with Gasteiger partial charge in [-0.25, -0.2) is 9.59 Å². The van der Waals surface area contributed by atoms with Gasteiger partial charge in [-0.15, -0.1) is 0 Å². The molecule has 0 radical (unpaired) electrons. The lowest BCUT2D eigenvalue weighted by molar-refractivity contribution is -0.136. The quantitative estimate of drug-likeness (QED) is 0.167. The molecule has 0 fully saturated rings. The van der Waals surface area contributed by atoms with Crippen molar-refractivity contribution in [1.29, 1.82) is 0 Å². The van der Waals surface area contributed by atoms with Gasteiger partial charge in [-0.1, -0.05) is 0 Å². The first-order valence-electron chi connectivity index (χ1n) is 4.22. The van der Waals surface area contributed by atoms with Gasteiger partial charge in [0, 0.05) is 5.92 Å². The average Bonchev–Trinajstić information content (AvgIpc) is 2.23. The minimum Gasteiger partial charge on any atom is -0.488 e. The van der Waals surface area contributed by atoms with Gasteiger partial charge < -0.3 is 14.2 Å². The number of hydrogen-bond acceptors (Lipinski definition) is 5. The predicted molar refractivity (Wildman–Crippen MR) is 51.5 cm³/mol. The van der Waals surface area contributed by atoms with E-state index in [1.165, 1.54) is 7.11 Å². The molecule has 0 aliphatic rings. The molecule has 0 aliphatic heterocycles. The maximum absolute atomic E-state index is 10.7. The number of carbonyl (C=O) groups excluding carboxylic acids is 2. The van der Waals surface area contributed by atoms with Crippen LogP contribution in [0.5, 0.6) is 0 Å². The molecule has 0 atom stereocenters. The molecule has 0 bridgehead atoms. The van der Waals surface area contributed by atoms with Crippen molar-refractivity contribution in [3.63, 3.8) is 0 Å². The van der Waals surface area contributed by atoms with E-state index in [9.17, 15) is 9.59 Å². The fraction of sp³-hybridized carbons (Fsp3) is 0.400. The third-order valence-corrected chi connectivity index (χ3v) is 1.12. The van der Waals surface area contributed by atoms with Crippen LogP contribution >= 0.6 is 0 Å². The van der Waals surface area contributed by atoms with Crippen LogP contribution in [-0.2, 0) is 23.8 Å². The van der Waals surface area contributed by atoms with E-state index in [0.717, 1.165) is 12.3 Å². The first kappa shape index (κ1) is 13.0. The Balaban J connectivity index is 3.65. The molecular weight excluding hydrogens is 200 g/mol. The van der Waals surface area contributed by atoms with Gasteiger partial charge in [0.05, 0.1) is 26.1 Å². The van der Waals surface area contributed by atoms with Crippen LogP contribution in [-0.4, -0.2) is 32.3 Å². The first-order chi connectivity index (χ1) is 7.20. The van der Waals surface area contributed by atoms with Gasteiger partial charge in [-0.3, -0.25) is 0 Å². The monoisotopic (exact) mass is 212 g/mol. The number of carbonyl (C=O) groups is 2. The molecule has 0 N–H and O–H groups in total. The largest absolute Gasteiger partial charge is 0.488 e. The second kappa shape index (κ2) is 8.63. The molecule has 0 aromatic rings. The fourth-order valence-corrected chi connectivity index (χ4v) is 0.537. The normalized spacial score (nSPS) is 8.93. The Bertz CT molecular complexity index is 295. The summed E-state index contributed by atoms with van der Waals surface area (Å²) in [5.41, 5.74) is 0. The highest BCUT2D eigenvalue weighted by Gasteiger charge is 1.91. The topological polar surface area (TPSA) is 61.8 Å². The molecule has 15 heavy (non-hydrogen) atoms. The van der Waals surface area contributed by atoms with Crippen molar-refractivity contribution in [3.8, 4) is 11.8 Å². The summed E-state index contributed by atoms with van der Waals surface area (Å²) < 4.78 is 13.6. The van der Waals surface area contributed by atoms with Crippen molar-refractivity contribution >= 4 is 11.9 Å². The Labute approximate surface area is 88.0 Å². The highest BCUT2D eigenvalue weighted by atomic mass is 16.5. The predicted octanol–water partition coefficient (Wildman–Crippen LogP) is 0.256. The van der Waals surface area contributed by atoms with Crippen molar-refractivity contribution in [1.82, 2.24) is 0 Å². The summed E-state index contributed by atoms with van der Waals surface area (Å²) in [4.78, 5) is 21.2. The van der Waals surface area contributed by atoms with E-state index < -0.39 is 11.9 Å². The molecule has 0 amide bonds. The third-order valence-electron chi connectivity index (χ3n) is 1.12. The van der Waals surface area contributed by atoms with Gasteiger partial charge in [0.15, 0.2) is 0 Å². The van der Waals surface area contributed by atoms with Crippen LogP contribution in [0.2, 0.25) is 0 Å². The zero-order valence-electron chi connectivity index (χ0n) is 8.61. The number of esters is 2. The van der Waals surface area contributed by atoms with Crippen LogP contribution in [0.25, 0.3) is 0 Å². The number of methoxy groups -OCH3 is 1. The van der Waals surface area contributed by atoms with Crippen molar-refractivity contribution in [3.05, 3.63) is 12.3 Å². The number of hydrogen-bond donors (Lipinski definition) is 0. The lowest BCUT2D eigenvalue weighted by atomic mass is 10.6. The van der Waals surface area contributed by atoms with Crippen molar-refractivity contribution < 1.29 is 23.8 Å². The van der Waals surface area contributed by atoms with E-state index in [2.05, 4.69) is 21.3 Å². The maximum Gasteiger partial charge on any atom is 0.384 e. The molecule has 5 heteroatoms. The molecular formula is C10H12O5. The minimum absolute atomic E-state index is 0.00626. The van der Waals surface area contributed by atoms with E-state index in [-0.39, 0.29) is 13.2 Å². The maximum atomic E-state index is 10.7. The summed E-state index contributed by atoms with van der Waals surface area (Å²) >= 11 is 0. The van der Waals surface area contributed by atoms with Crippen LogP contribution in [0, 0.1) is 11.8 Å². The standard InChI is InChI=1S/C10H12O5/c1-3-15-10(12)5-4-7-14-8-6-9(11)13-2/h6,8H,3,7H2,1-2H3/b8-6+. The van der Waals surface area contributed by atoms with Gasteiger partial charge in [-0.05, 0) is 12.8 Å². The zero-order valence-corrected chi connectivity index (χ0v) is 8.61. The van der Waals surface area contributed by atoms with Crippen molar-refractivity contribution in [2.24, 2.45) is 0 Å². The molecule has 5 nitrogen and oxygen atoms in total. The van der Waals surface area contributed by atoms with E-state index in [1.807, 2.05) is 0 Å². The Morgan fingerprint density at radius 1 is 1.40 bits per heavy atom. The second-order valence-electron chi connectivity index (χ2n) is 2.16. The highest BCUT2D eigenvalue weighted by molar-refractivity contribution is 5.88. The molecule has 0 unspecified atom stereocenters. The number of rotatable bonds is 4. The third kappa shape index (κ3) is 8.37. The second-order valence-corrected chi connectivity index (χ2v) is 2.16. The summed E-state index contributed by atoms with van der Waals surface area (Å²) in [6, 6.07) is 0. The minimum atomic E-state index is -0.599. The first-order valence-corrected chi connectivity index (χ1v) is 4.22. The summed E-state index contributed by atoms with van der Waals surface area (Å²) in [6.07, 6.45) is 2.25. The van der Waals surface area contributed by atoms with Gasteiger partial charge in [0.2, 0.25) is 0 Å². The van der Waals surface area contributed by atoms with Crippen molar-refractivity contribution in [2.45, 2.75) is 6.92 Å². The average molecular weight is 212 g/mol. The molecule has 0 heterocycles. The van der Waals surface area contributed by atoms with E-state index in [0.29, 0.717) is 0 Å². The lowest BCUT2D eigenvalue weighted by Crippen LogP contribution is -2.00. The molecule has 0 saturated heterocycles. The van der Waals surface area contributed by atoms with E-state index >= 15 is 0 Å². The smallest absolute Gasteiger partial charge is 0.384 e. The molecule has 0 spiro atoms. The van der Waals surface area contributed by atoms with Crippen LogP contribution in [0.4, 0.5) is 0 Å². The molecule has 0 rings (SSSR count).